The second-order valence-corrected chi connectivity index (χ2v) is 8.98. The summed E-state index contributed by atoms with van der Waals surface area (Å²) in [5.74, 6) is -2.58. The first-order chi connectivity index (χ1) is 17.5. The smallest absolute Gasteiger partial charge is 0.134 e. The normalized spacial score (nSPS) is 12.9. The Morgan fingerprint density at radius 2 is 0.667 bits per heavy atom. The molecule has 0 saturated heterocycles. The number of hydrogen-bond acceptors (Lipinski definition) is 0. The van der Waals surface area contributed by atoms with E-state index in [4.69, 9.17) is 0 Å². The standard InChI is InChI=1S/C32H16F4/c33-25-11-5-12-26(34)31(25)29-19-9-3-1-7-17(19)21-15-24-22(16-23(21)29)18-8-2-4-10-20(18)30(24)32-27(35)13-6-14-28(32)36/h1-16H. The van der Waals surface area contributed by atoms with Gasteiger partial charge in [-0.2, -0.15) is 0 Å². The average Bonchev–Trinajstić information content (AvgIpc) is 3.36. The molecule has 0 amide bonds. The van der Waals surface area contributed by atoms with Crippen LogP contribution in [-0.4, -0.2) is 0 Å². The van der Waals surface area contributed by atoms with E-state index in [0.29, 0.717) is 32.7 Å². The second-order valence-electron chi connectivity index (χ2n) is 8.98. The van der Waals surface area contributed by atoms with Crippen molar-refractivity contribution in [1.29, 1.82) is 0 Å². The van der Waals surface area contributed by atoms with Crippen LogP contribution in [0.4, 0.5) is 17.6 Å². The van der Waals surface area contributed by atoms with E-state index in [0.717, 1.165) is 22.3 Å². The van der Waals surface area contributed by atoms with Gasteiger partial charge in [0.1, 0.15) is 23.3 Å². The molecule has 2 aliphatic rings. The molecule has 0 atom stereocenters. The van der Waals surface area contributed by atoms with Crippen molar-refractivity contribution in [1.82, 2.24) is 0 Å². The summed E-state index contributed by atoms with van der Waals surface area (Å²) in [4.78, 5) is 0. The number of rotatable bonds is 2. The number of benzene rings is 5. The van der Waals surface area contributed by atoms with E-state index in [-0.39, 0.29) is 11.1 Å². The molecule has 0 aliphatic heterocycles. The quantitative estimate of drug-likeness (QED) is 0.244. The Balaban J connectivity index is 1.68. The molecule has 0 aromatic heterocycles. The summed E-state index contributed by atoms with van der Waals surface area (Å²) in [6, 6.07) is 26.4. The second kappa shape index (κ2) is 7.53. The van der Waals surface area contributed by atoms with Crippen LogP contribution >= 0.6 is 0 Å². The third-order valence-corrected chi connectivity index (χ3v) is 7.10. The zero-order chi connectivity index (χ0) is 24.6. The van der Waals surface area contributed by atoms with Gasteiger partial charge in [-0.25, -0.2) is 17.6 Å². The summed E-state index contributed by atoms with van der Waals surface area (Å²) in [6.07, 6.45) is 0. The predicted molar refractivity (Wildman–Crippen MR) is 133 cm³/mol. The molecule has 0 saturated carbocycles. The lowest BCUT2D eigenvalue weighted by Crippen LogP contribution is -2.16. The molecule has 172 valence electrons. The SMILES string of the molecule is Fc1cccc(F)c1C1=c2cc3c(cc2-c2ccccc21)=C(c1c(F)cccc1F)c1ccccc1-3. The van der Waals surface area contributed by atoms with Crippen LogP contribution in [0, 0.1) is 23.3 Å². The van der Waals surface area contributed by atoms with Gasteiger partial charge in [0.05, 0.1) is 11.1 Å². The first kappa shape index (κ1) is 20.9. The molecule has 0 unspecified atom stereocenters. The van der Waals surface area contributed by atoms with Crippen LogP contribution in [0.2, 0.25) is 0 Å². The molecular formula is C32H16F4. The minimum absolute atomic E-state index is 0.0840. The molecule has 0 radical (unpaired) electrons. The van der Waals surface area contributed by atoms with E-state index in [1.165, 1.54) is 36.4 Å². The van der Waals surface area contributed by atoms with Crippen molar-refractivity contribution in [2.24, 2.45) is 0 Å². The largest absolute Gasteiger partial charge is 0.206 e. The van der Waals surface area contributed by atoms with Gasteiger partial charge in [0.2, 0.25) is 0 Å². The van der Waals surface area contributed by atoms with Gasteiger partial charge in [-0.05, 0) is 80.2 Å². The molecule has 4 heteroatoms. The summed E-state index contributed by atoms with van der Waals surface area (Å²) in [6.45, 7) is 0. The molecule has 0 bridgehead atoms. The Kier molecular flexibility index (Phi) is 4.37. The lowest BCUT2D eigenvalue weighted by Gasteiger charge is -2.09. The minimum Gasteiger partial charge on any atom is -0.206 e. The Morgan fingerprint density at radius 1 is 0.333 bits per heavy atom. The Hall–Kier alpha value is -4.44. The minimum atomic E-state index is -0.644. The summed E-state index contributed by atoms with van der Waals surface area (Å²) < 4.78 is 60.1. The highest BCUT2D eigenvalue weighted by Gasteiger charge is 2.30. The molecule has 7 rings (SSSR count). The lowest BCUT2D eigenvalue weighted by molar-refractivity contribution is 0.576. The van der Waals surface area contributed by atoms with Gasteiger partial charge in [0, 0.05) is 11.1 Å². The van der Waals surface area contributed by atoms with Gasteiger partial charge in [-0.3, -0.25) is 0 Å². The average molecular weight is 476 g/mol. The first-order valence-corrected chi connectivity index (χ1v) is 11.6. The summed E-state index contributed by atoms with van der Waals surface area (Å²) >= 11 is 0. The van der Waals surface area contributed by atoms with Crippen LogP contribution in [0.5, 0.6) is 0 Å². The monoisotopic (exact) mass is 476 g/mol. The van der Waals surface area contributed by atoms with Gasteiger partial charge in [0.15, 0.2) is 0 Å². The van der Waals surface area contributed by atoms with E-state index in [9.17, 15) is 0 Å². The summed E-state index contributed by atoms with van der Waals surface area (Å²) in [5.41, 5.74) is 5.38. The molecule has 0 N–H and O–H groups in total. The Bertz CT molecular complexity index is 1700. The van der Waals surface area contributed by atoms with Gasteiger partial charge in [-0.15, -0.1) is 0 Å². The topological polar surface area (TPSA) is 0 Å². The molecule has 36 heavy (non-hydrogen) atoms. The van der Waals surface area contributed by atoms with Crippen molar-refractivity contribution in [3.63, 3.8) is 0 Å². The van der Waals surface area contributed by atoms with Gasteiger partial charge >= 0.3 is 0 Å². The molecule has 5 aromatic carbocycles. The van der Waals surface area contributed by atoms with Crippen LogP contribution < -0.4 is 10.4 Å². The maximum Gasteiger partial charge on any atom is 0.134 e. The van der Waals surface area contributed by atoms with Crippen LogP contribution in [0.25, 0.3) is 33.4 Å². The van der Waals surface area contributed by atoms with Gasteiger partial charge in [-0.1, -0.05) is 60.7 Å². The highest BCUT2D eigenvalue weighted by atomic mass is 19.1. The Morgan fingerprint density at radius 3 is 1.03 bits per heavy atom. The van der Waals surface area contributed by atoms with E-state index in [1.807, 2.05) is 60.7 Å². The van der Waals surface area contributed by atoms with Crippen LogP contribution in [0.1, 0.15) is 22.3 Å². The van der Waals surface area contributed by atoms with E-state index in [1.54, 1.807) is 0 Å². The van der Waals surface area contributed by atoms with Gasteiger partial charge in [0.25, 0.3) is 0 Å². The highest BCUT2D eigenvalue weighted by molar-refractivity contribution is 6.01. The van der Waals surface area contributed by atoms with Crippen molar-refractivity contribution >= 4 is 11.1 Å². The third-order valence-electron chi connectivity index (χ3n) is 7.10. The zero-order valence-corrected chi connectivity index (χ0v) is 18.7. The van der Waals surface area contributed by atoms with E-state index < -0.39 is 23.3 Å². The highest BCUT2D eigenvalue weighted by Crippen LogP contribution is 2.41. The maximum atomic E-state index is 15.0. The maximum absolute atomic E-state index is 15.0. The van der Waals surface area contributed by atoms with E-state index in [2.05, 4.69) is 0 Å². The summed E-state index contributed by atoms with van der Waals surface area (Å²) in [5, 5.41) is 1.37. The zero-order valence-electron chi connectivity index (χ0n) is 18.7. The molecule has 5 aromatic rings. The molecular weight excluding hydrogens is 460 g/mol. The summed E-state index contributed by atoms with van der Waals surface area (Å²) in [7, 11) is 0. The van der Waals surface area contributed by atoms with Crippen LogP contribution in [0.3, 0.4) is 0 Å². The van der Waals surface area contributed by atoms with Crippen molar-refractivity contribution in [2.75, 3.05) is 0 Å². The molecule has 0 spiro atoms. The lowest BCUT2D eigenvalue weighted by atomic mass is 9.96. The van der Waals surface area contributed by atoms with Crippen LogP contribution in [0.15, 0.2) is 97.1 Å². The number of fused-ring (bicyclic) bond motifs is 6. The molecule has 0 heterocycles. The fourth-order valence-corrected chi connectivity index (χ4v) is 5.63. The third kappa shape index (κ3) is 2.75. The van der Waals surface area contributed by atoms with Crippen molar-refractivity contribution < 1.29 is 17.6 Å². The van der Waals surface area contributed by atoms with Crippen molar-refractivity contribution in [3.8, 4) is 22.3 Å². The fourth-order valence-electron chi connectivity index (χ4n) is 5.63. The first-order valence-electron chi connectivity index (χ1n) is 11.6. The molecule has 2 aliphatic carbocycles. The van der Waals surface area contributed by atoms with Crippen molar-refractivity contribution in [2.45, 2.75) is 0 Å². The predicted octanol–water partition coefficient (Wildman–Crippen LogP) is 6.70. The molecule has 0 fully saturated rings. The Labute approximate surface area is 204 Å². The fraction of sp³-hybridized carbons (Fsp3) is 0. The number of halogens is 4. The van der Waals surface area contributed by atoms with E-state index >= 15 is 17.6 Å². The van der Waals surface area contributed by atoms with Gasteiger partial charge < -0.3 is 0 Å². The number of hydrogen-bond donors (Lipinski definition) is 0. The van der Waals surface area contributed by atoms with Crippen LogP contribution in [-0.2, 0) is 0 Å². The molecule has 0 nitrogen and oxygen atoms in total. The van der Waals surface area contributed by atoms with Crippen molar-refractivity contribution in [3.05, 3.63) is 153 Å².